The van der Waals surface area contributed by atoms with E-state index in [0.717, 1.165) is 43.9 Å². The number of hydrogen-bond acceptors (Lipinski definition) is 3. The van der Waals surface area contributed by atoms with Crippen LogP contribution in [0, 0.1) is 39.9 Å². The van der Waals surface area contributed by atoms with E-state index in [0.29, 0.717) is 29.1 Å². The van der Waals surface area contributed by atoms with Crippen molar-refractivity contribution in [3.8, 4) is 0 Å². The second-order valence-electron chi connectivity index (χ2n) is 12.2. The van der Waals surface area contributed by atoms with Crippen molar-refractivity contribution in [3.05, 3.63) is 0 Å². The van der Waals surface area contributed by atoms with Crippen LogP contribution >= 0.6 is 15.9 Å². The predicted molar refractivity (Wildman–Crippen MR) is 125 cm³/mol. The highest BCUT2D eigenvalue weighted by molar-refractivity contribution is 9.09. The molecular formula is C26H43BrO3. The molecule has 4 aliphatic rings. The third-order valence-electron chi connectivity index (χ3n) is 11.1. The number of carbonyl (C=O) groups is 1. The molecule has 0 radical (unpaired) electrons. The average molecular weight is 484 g/mol. The molecule has 30 heavy (non-hydrogen) atoms. The molecule has 4 heteroatoms. The van der Waals surface area contributed by atoms with E-state index in [1.807, 2.05) is 0 Å². The molecule has 0 spiro atoms. The first-order valence-electron chi connectivity index (χ1n) is 12.4. The lowest BCUT2D eigenvalue weighted by Crippen LogP contribution is -2.58. The van der Waals surface area contributed by atoms with Crippen LogP contribution in [-0.4, -0.2) is 35.5 Å². The maximum absolute atomic E-state index is 12.8. The van der Waals surface area contributed by atoms with Crippen molar-refractivity contribution >= 4 is 21.7 Å². The van der Waals surface area contributed by atoms with Crippen LogP contribution < -0.4 is 0 Å². The molecular weight excluding hydrogens is 440 g/mol. The summed E-state index contributed by atoms with van der Waals surface area (Å²) in [5.41, 5.74) is 0.118. The molecule has 172 valence electrons. The Morgan fingerprint density at radius 3 is 2.40 bits per heavy atom. The van der Waals surface area contributed by atoms with Crippen molar-refractivity contribution in [2.24, 2.45) is 39.9 Å². The second-order valence-corrected chi connectivity index (χ2v) is 12.7. The van der Waals surface area contributed by atoms with E-state index < -0.39 is 5.60 Å². The minimum Gasteiger partial charge on any atom is -0.387 e. The lowest BCUT2D eigenvalue weighted by molar-refractivity contribution is -0.165. The summed E-state index contributed by atoms with van der Waals surface area (Å²) in [5.74, 6) is 2.86. The summed E-state index contributed by atoms with van der Waals surface area (Å²) in [6, 6.07) is 0. The van der Waals surface area contributed by atoms with Crippen LogP contribution in [0.3, 0.4) is 0 Å². The monoisotopic (exact) mass is 482 g/mol. The molecule has 8 atom stereocenters. The Morgan fingerprint density at radius 2 is 1.70 bits per heavy atom. The Hall–Kier alpha value is 0.0700. The normalized spacial score (nSPS) is 51.3. The molecule has 0 aromatic heterocycles. The van der Waals surface area contributed by atoms with Gasteiger partial charge in [-0.25, -0.2) is 0 Å². The molecule has 0 saturated heterocycles. The standard InChI is InChI=1S/C26H43BrO3/c1-23-10-8-18-19-6-5-7-21(22(28)16-27)24(19,2)11-9-20(18)25(23,3)13-15-26(29,14-12-23)17-30-4/h18-21,29H,5-17H2,1-4H3/t18-,19?,20?,21+,23+,24-,25+,26-/m0/s1. The summed E-state index contributed by atoms with van der Waals surface area (Å²) >= 11 is 3.47. The Morgan fingerprint density at radius 1 is 0.967 bits per heavy atom. The first kappa shape index (κ1) is 23.2. The van der Waals surface area contributed by atoms with Gasteiger partial charge in [0.15, 0.2) is 0 Å². The molecule has 3 nitrogen and oxygen atoms in total. The fraction of sp³-hybridized carbons (Fsp3) is 0.962. The SMILES string of the molecule is COC[C@]1(O)CC[C@@]2(C)CC[C@H]3C4CCC[C@H](C(=O)CBr)[C@@]4(C)CCC3[C@@]2(C)CC1. The zero-order valence-corrected chi connectivity index (χ0v) is 21.2. The number of rotatable bonds is 4. The zero-order valence-electron chi connectivity index (χ0n) is 19.6. The highest BCUT2D eigenvalue weighted by Crippen LogP contribution is 2.69. The molecule has 1 N–H and O–H groups in total. The van der Waals surface area contributed by atoms with Crippen LogP contribution in [0.15, 0.2) is 0 Å². The quantitative estimate of drug-likeness (QED) is 0.488. The maximum Gasteiger partial charge on any atom is 0.147 e. The highest BCUT2D eigenvalue weighted by atomic mass is 79.9. The first-order chi connectivity index (χ1) is 14.1. The Kier molecular flexibility index (Phi) is 6.30. The fourth-order valence-corrected chi connectivity index (χ4v) is 9.34. The molecule has 4 saturated carbocycles. The van der Waals surface area contributed by atoms with Gasteiger partial charge in [0.2, 0.25) is 0 Å². The van der Waals surface area contributed by atoms with Gasteiger partial charge in [0, 0.05) is 13.0 Å². The van der Waals surface area contributed by atoms with Gasteiger partial charge in [-0.2, -0.15) is 0 Å². The number of alkyl halides is 1. The van der Waals surface area contributed by atoms with Gasteiger partial charge in [-0.15, -0.1) is 0 Å². The Bertz CT molecular complexity index is 667. The van der Waals surface area contributed by atoms with Crippen LogP contribution in [-0.2, 0) is 9.53 Å². The molecule has 0 amide bonds. The number of hydrogen-bond donors (Lipinski definition) is 1. The van der Waals surface area contributed by atoms with Crippen molar-refractivity contribution in [2.45, 2.75) is 97.0 Å². The van der Waals surface area contributed by atoms with Crippen molar-refractivity contribution in [2.75, 3.05) is 19.0 Å². The van der Waals surface area contributed by atoms with Gasteiger partial charge in [0.25, 0.3) is 0 Å². The number of Topliss-reactive ketones (excluding diaryl/α,β-unsaturated/α-hetero) is 1. The maximum atomic E-state index is 12.8. The number of methoxy groups -OCH3 is 1. The van der Waals surface area contributed by atoms with Crippen LogP contribution in [0.2, 0.25) is 0 Å². The van der Waals surface area contributed by atoms with Crippen molar-refractivity contribution in [1.82, 2.24) is 0 Å². The van der Waals surface area contributed by atoms with Crippen LogP contribution in [0.25, 0.3) is 0 Å². The number of ether oxygens (including phenoxy) is 1. The summed E-state index contributed by atoms with van der Waals surface area (Å²) in [7, 11) is 1.71. The third-order valence-corrected chi connectivity index (χ3v) is 11.6. The number of aliphatic hydroxyl groups is 1. The summed E-state index contributed by atoms with van der Waals surface area (Å²) in [6.07, 6.45) is 12.6. The molecule has 4 aliphatic carbocycles. The van der Waals surface area contributed by atoms with E-state index in [2.05, 4.69) is 36.7 Å². The molecule has 0 aliphatic heterocycles. The molecule has 2 unspecified atom stereocenters. The molecule has 4 fully saturated rings. The van der Waals surface area contributed by atoms with Gasteiger partial charge in [-0.05, 0) is 98.2 Å². The highest BCUT2D eigenvalue weighted by Gasteiger charge is 2.62. The summed E-state index contributed by atoms with van der Waals surface area (Å²) < 4.78 is 5.41. The van der Waals surface area contributed by atoms with Crippen LogP contribution in [0.1, 0.15) is 91.4 Å². The van der Waals surface area contributed by atoms with Crippen molar-refractivity contribution in [1.29, 1.82) is 0 Å². The van der Waals surface area contributed by atoms with Crippen molar-refractivity contribution < 1.29 is 14.6 Å². The van der Waals surface area contributed by atoms with Gasteiger partial charge in [-0.3, -0.25) is 4.79 Å². The summed E-state index contributed by atoms with van der Waals surface area (Å²) in [4.78, 5) is 12.8. The average Bonchev–Trinajstić information content (AvgIpc) is 2.82. The molecule has 0 heterocycles. The molecule has 4 rings (SSSR count). The minimum absolute atomic E-state index is 0.190. The molecule has 0 bridgehead atoms. The predicted octanol–water partition coefficient (Wildman–Crippen LogP) is 6.16. The number of ketones is 1. The van der Waals surface area contributed by atoms with Gasteiger partial charge in [-0.1, -0.05) is 43.1 Å². The smallest absolute Gasteiger partial charge is 0.147 e. The summed E-state index contributed by atoms with van der Waals surface area (Å²) in [5, 5.41) is 11.7. The number of halogens is 1. The second kappa shape index (κ2) is 8.13. The topological polar surface area (TPSA) is 46.5 Å². The van der Waals surface area contributed by atoms with Gasteiger partial charge >= 0.3 is 0 Å². The van der Waals surface area contributed by atoms with E-state index in [1.54, 1.807) is 7.11 Å². The lowest BCUT2D eigenvalue weighted by atomic mass is 9.40. The lowest BCUT2D eigenvalue weighted by Gasteiger charge is -2.65. The largest absolute Gasteiger partial charge is 0.387 e. The van der Waals surface area contributed by atoms with Gasteiger partial charge in [0.1, 0.15) is 5.78 Å². The minimum atomic E-state index is -0.658. The van der Waals surface area contributed by atoms with Gasteiger partial charge in [0.05, 0.1) is 17.5 Å². The number of fused-ring (bicyclic) bond motifs is 5. The van der Waals surface area contributed by atoms with E-state index in [4.69, 9.17) is 4.74 Å². The van der Waals surface area contributed by atoms with E-state index in [9.17, 15) is 9.90 Å². The Balaban J connectivity index is 1.63. The van der Waals surface area contributed by atoms with Crippen molar-refractivity contribution in [3.63, 3.8) is 0 Å². The fourth-order valence-electron chi connectivity index (χ4n) is 8.95. The zero-order chi connectivity index (χ0) is 21.8. The molecule has 0 aromatic carbocycles. The van der Waals surface area contributed by atoms with E-state index >= 15 is 0 Å². The van der Waals surface area contributed by atoms with Gasteiger partial charge < -0.3 is 9.84 Å². The van der Waals surface area contributed by atoms with E-state index in [-0.39, 0.29) is 16.7 Å². The van der Waals surface area contributed by atoms with Crippen LogP contribution in [0.5, 0.6) is 0 Å². The molecule has 0 aromatic rings. The first-order valence-corrected chi connectivity index (χ1v) is 13.5. The Labute approximate surface area is 192 Å². The summed E-state index contributed by atoms with van der Waals surface area (Å²) in [6.45, 7) is 8.01. The van der Waals surface area contributed by atoms with Crippen LogP contribution in [0.4, 0.5) is 0 Å². The van der Waals surface area contributed by atoms with E-state index in [1.165, 1.54) is 38.5 Å². The number of carbonyl (C=O) groups excluding carboxylic acids is 1. The third kappa shape index (κ3) is 3.46.